The third-order valence-corrected chi connectivity index (χ3v) is 3.53. The van der Waals surface area contributed by atoms with E-state index in [1.54, 1.807) is 16.8 Å². The zero-order valence-corrected chi connectivity index (χ0v) is 13.0. The molecule has 0 fully saturated rings. The maximum Gasteiger partial charge on any atom is 0.273 e. The van der Waals surface area contributed by atoms with E-state index in [-0.39, 0.29) is 27.9 Å². The van der Waals surface area contributed by atoms with E-state index in [2.05, 4.69) is 15.3 Å². The summed E-state index contributed by atoms with van der Waals surface area (Å²) in [5.41, 5.74) is 0.413. The normalized spacial score (nSPS) is 10.9. The molecule has 0 aromatic carbocycles. The quantitative estimate of drug-likeness (QED) is 0.861. The van der Waals surface area contributed by atoms with Gasteiger partial charge in [0.05, 0.1) is 5.02 Å². The first-order valence-corrected chi connectivity index (χ1v) is 6.88. The molecule has 20 heavy (non-hydrogen) atoms. The first-order valence-electron chi connectivity index (χ1n) is 5.75. The second kappa shape index (κ2) is 5.99. The lowest BCUT2D eigenvalue weighted by Gasteiger charge is -2.12. The molecule has 0 bridgehead atoms. The van der Waals surface area contributed by atoms with Crippen LogP contribution in [-0.2, 0) is 0 Å². The molecule has 0 aliphatic heterocycles. The molecule has 0 saturated heterocycles. The zero-order chi connectivity index (χ0) is 14.9. The van der Waals surface area contributed by atoms with Crippen molar-refractivity contribution in [3.63, 3.8) is 0 Å². The highest BCUT2D eigenvalue weighted by Crippen LogP contribution is 2.26. The van der Waals surface area contributed by atoms with Gasteiger partial charge in [-0.1, -0.05) is 34.8 Å². The molecule has 1 N–H and O–H groups in total. The Kier molecular flexibility index (Phi) is 4.52. The Labute approximate surface area is 130 Å². The van der Waals surface area contributed by atoms with Crippen molar-refractivity contribution in [3.05, 3.63) is 39.5 Å². The van der Waals surface area contributed by atoms with Gasteiger partial charge in [-0.2, -0.15) is 0 Å². The Morgan fingerprint density at radius 3 is 2.65 bits per heavy atom. The van der Waals surface area contributed by atoms with Crippen LogP contribution in [0.1, 0.15) is 30.4 Å². The van der Waals surface area contributed by atoms with Crippen LogP contribution in [0.5, 0.6) is 0 Å². The summed E-state index contributed by atoms with van der Waals surface area (Å²) in [5.74, 6) is -0.216. The number of amides is 1. The van der Waals surface area contributed by atoms with Crippen molar-refractivity contribution in [1.82, 2.24) is 14.5 Å². The highest BCUT2D eigenvalue weighted by Gasteiger charge is 2.17. The molecule has 0 aliphatic carbocycles. The van der Waals surface area contributed by atoms with Gasteiger partial charge in [-0.15, -0.1) is 0 Å². The fourth-order valence-electron chi connectivity index (χ4n) is 1.66. The standard InChI is InChI=1S/C12H11Cl3N4O/c1-6(2)19-4-7(13)3-8(19)12(20)18-11-9(14)10(15)16-5-17-11/h3-6H,1-2H3,(H,16,17,18,20). The SMILES string of the molecule is CC(C)n1cc(Cl)cc1C(=O)Nc1ncnc(Cl)c1Cl. The predicted octanol–water partition coefficient (Wildman–Crippen LogP) is 4.07. The summed E-state index contributed by atoms with van der Waals surface area (Å²) in [4.78, 5) is 19.9. The molecule has 5 nitrogen and oxygen atoms in total. The molecule has 0 aliphatic rings. The number of halogens is 3. The molecule has 2 aromatic rings. The van der Waals surface area contributed by atoms with Crippen LogP contribution in [0.3, 0.4) is 0 Å². The van der Waals surface area contributed by atoms with E-state index in [1.165, 1.54) is 6.33 Å². The third kappa shape index (κ3) is 3.06. The van der Waals surface area contributed by atoms with Crippen LogP contribution in [0.15, 0.2) is 18.6 Å². The van der Waals surface area contributed by atoms with Crippen LogP contribution in [0.25, 0.3) is 0 Å². The van der Waals surface area contributed by atoms with Crippen LogP contribution in [0.4, 0.5) is 5.82 Å². The highest BCUT2D eigenvalue weighted by molar-refractivity contribution is 6.43. The van der Waals surface area contributed by atoms with Gasteiger partial charge in [0.25, 0.3) is 5.91 Å². The van der Waals surface area contributed by atoms with Gasteiger partial charge in [0.15, 0.2) is 11.0 Å². The topological polar surface area (TPSA) is 59.8 Å². The average Bonchev–Trinajstić information content (AvgIpc) is 2.77. The molecule has 2 aromatic heterocycles. The number of anilines is 1. The van der Waals surface area contributed by atoms with Gasteiger partial charge in [-0.05, 0) is 19.9 Å². The fraction of sp³-hybridized carbons (Fsp3) is 0.250. The minimum Gasteiger partial charge on any atom is -0.339 e. The molecule has 0 radical (unpaired) electrons. The zero-order valence-electron chi connectivity index (χ0n) is 10.7. The second-order valence-electron chi connectivity index (χ2n) is 4.33. The maximum absolute atomic E-state index is 12.3. The largest absolute Gasteiger partial charge is 0.339 e. The molecule has 0 unspecified atom stereocenters. The van der Waals surface area contributed by atoms with Crippen LogP contribution in [0.2, 0.25) is 15.2 Å². The van der Waals surface area contributed by atoms with E-state index in [0.29, 0.717) is 10.7 Å². The van der Waals surface area contributed by atoms with Gasteiger partial charge in [-0.3, -0.25) is 4.79 Å². The van der Waals surface area contributed by atoms with E-state index in [0.717, 1.165) is 0 Å². The Bertz CT molecular complexity index is 654. The maximum atomic E-state index is 12.3. The van der Waals surface area contributed by atoms with Crippen molar-refractivity contribution >= 4 is 46.5 Å². The first-order chi connectivity index (χ1) is 9.40. The molecule has 8 heteroatoms. The third-order valence-electron chi connectivity index (χ3n) is 2.58. The number of carbonyl (C=O) groups is 1. The average molecular weight is 334 g/mol. The van der Waals surface area contributed by atoms with Gasteiger partial charge in [0, 0.05) is 12.2 Å². The molecular formula is C12H11Cl3N4O. The summed E-state index contributed by atoms with van der Waals surface area (Å²) in [7, 11) is 0. The molecule has 0 saturated carbocycles. The van der Waals surface area contributed by atoms with E-state index >= 15 is 0 Å². The van der Waals surface area contributed by atoms with E-state index in [4.69, 9.17) is 34.8 Å². The minimum absolute atomic E-state index is 0.0780. The van der Waals surface area contributed by atoms with E-state index < -0.39 is 0 Å². The minimum atomic E-state index is -0.373. The summed E-state index contributed by atoms with van der Waals surface area (Å²) < 4.78 is 1.76. The molecule has 106 valence electrons. The number of nitrogens with zero attached hydrogens (tertiary/aromatic N) is 3. The molecule has 0 atom stereocenters. The smallest absolute Gasteiger partial charge is 0.273 e. The van der Waals surface area contributed by atoms with Crippen molar-refractivity contribution in [1.29, 1.82) is 0 Å². The Balaban J connectivity index is 2.31. The van der Waals surface area contributed by atoms with Crippen LogP contribution in [0, 0.1) is 0 Å². The Morgan fingerprint density at radius 2 is 2.00 bits per heavy atom. The monoisotopic (exact) mass is 332 g/mol. The molecule has 0 spiro atoms. The lowest BCUT2D eigenvalue weighted by molar-refractivity contribution is 0.101. The van der Waals surface area contributed by atoms with Gasteiger partial charge in [-0.25, -0.2) is 9.97 Å². The molecule has 2 rings (SSSR count). The van der Waals surface area contributed by atoms with Gasteiger partial charge in [0.1, 0.15) is 17.0 Å². The molecule has 1 amide bonds. The predicted molar refractivity (Wildman–Crippen MR) is 79.8 cm³/mol. The summed E-state index contributed by atoms with van der Waals surface area (Å²) in [5, 5.41) is 3.24. The number of nitrogens with one attached hydrogen (secondary N) is 1. The van der Waals surface area contributed by atoms with Crippen molar-refractivity contribution in [2.75, 3.05) is 5.32 Å². The Hall–Kier alpha value is -1.30. The van der Waals surface area contributed by atoms with E-state index in [9.17, 15) is 4.79 Å². The number of hydrogen-bond acceptors (Lipinski definition) is 3. The summed E-state index contributed by atoms with van der Waals surface area (Å²) in [6.07, 6.45) is 2.91. The number of carbonyl (C=O) groups excluding carboxylic acids is 1. The van der Waals surface area contributed by atoms with Crippen molar-refractivity contribution in [3.8, 4) is 0 Å². The summed E-state index contributed by atoms with van der Waals surface area (Å²) >= 11 is 17.6. The van der Waals surface area contributed by atoms with E-state index in [1.807, 2.05) is 13.8 Å². The lowest BCUT2D eigenvalue weighted by Crippen LogP contribution is -2.18. The molecule has 2 heterocycles. The first kappa shape index (κ1) is 15.1. The number of aromatic nitrogens is 3. The fourth-order valence-corrected chi connectivity index (χ4v) is 2.15. The van der Waals surface area contributed by atoms with Gasteiger partial charge >= 0.3 is 0 Å². The van der Waals surface area contributed by atoms with Crippen molar-refractivity contribution in [2.24, 2.45) is 0 Å². The summed E-state index contributed by atoms with van der Waals surface area (Å²) in [6, 6.07) is 1.67. The lowest BCUT2D eigenvalue weighted by atomic mass is 10.3. The van der Waals surface area contributed by atoms with Gasteiger partial charge in [0.2, 0.25) is 0 Å². The van der Waals surface area contributed by atoms with Crippen molar-refractivity contribution in [2.45, 2.75) is 19.9 Å². The number of hydrogen-bond donors (Lipinski definition) is 1. The summed E-state index contributed by atoms with van der Waals surface area (Å²) in [6.45, 7) is 3.89. The van der Waals surface area contributed by atoms with Crippen LogP contribution >= 0.6 is 34.8 Å². The van der Waals surface area contributed by atoms with Crippen LogP contribution in [-0.4, -0.2) is 20.4 Å². The van der Waals surface area contributed by atoms with Gasteiger partial charge < -0.3 is 9.88 Å². The van der Waals surface area contributed by atoms with Crippen molar-refractivity contribution < 1.29 is 4.79 Å². The second-order valence-corrected chi connectivity index (χ2v) is 5.50. The highest BCUT2D eigenvalue weighted by atomic mass is 35.5. The number of rotatable bonds is 3. The van der Waals surface area contributed by atoms with Crippen LogP contribution < -0.4 is 5.32 Å². The molecular weight excluding hydrogens is 323 g/mol. The Morgan fingerprint density at radius 1 is 1.30 bits per heavy atom.